The van der Waals surface area contributed by atoms with Gasteiger partial charge in [0, 0.05) is 17.3 Å². The van der Waals surface area contributed by atoms with Crippen LogP contribution in [0.25, 0.3) is 0 Å². The van der Waals surface area contributed by atoms with Crippen molar-refractivity contribution >= 4 is 16.8 Å². The maximum atomic E-state index is 11.9. The Morgan fingerprint density at radius 1 is 1.38 bits per heavy atom. The van der Waals surface area contributed by atoms with Gasteiger partial charge in [0.2, 0.25) is 0 Å². The molecule has 8 heteroatoms. The lowest BCUT2D eigenvalue weighted by Crippen LogP contribution is -2.18. The lowest BCUT2D eigenvalue weighted by molar-refractivity contribution is -0.173. The summed E-state index contributed by atoms with van der Waals surface area (Å²) in [5.74, 6) is -1.00. The molecule has 1 rings (SSSR count). The second-order valence-electron chi connectivity index (χ2n) is 4.35. The number of aromatic carboxylic acids is 1. The number of ether oxygens (including phenoxy) is 1. The minimum absolute atomic E-state index is 0.0640. The van der Waals surface area contributed by atoms with E-state index >= 15 is 0 Å². The maximum Gasteiger partial charge on any atom is 0.411 e. The number of hydrogen-bond donors (Lipinski definition) is 1. The van der Waals surface area contributed by atoms with Gasteiger partial charge in [0.1, 0.15) is 6.61 Å². The van der Waals surface area contributed by atoms with Crippen LogP contribution in [0.3, 0.4) is 0 Å². The number of rotatable bonds is 7. The third-order valence-electron chi connectivity index (χ3n) is 2.59. The Bertz CT molecular complexity index is 529. The lowest BCUT2D eigenvalue weighted by Gasteiger charge is -2.08. The molecular weight excluding hydrogens is 309 g/mol. The first kappa shape index (κ1) is 17.6. The molecule has 1 atom stereocenters. The molecule has 0 heterocycles. The number of alkyl halides is 3. The zero-order chi connectivity index (χ0) is 16.0. The minimum Gasteiger partial charge on any atom is -0.478 e. The quantitative estimate of drug-likeness (QED) is 0.783. The van der Waals surface area contributed by atoms with Crippen molar-refractivity contribution in [1.82, 2.24) is 0 Å². The van der Waals surface area contributed by atoms with E-state index in [0.29, 0.717) is 10.5 Å². The first-order valence-corrected chi connectivity index (χ1v) is 7.39. The molecule has 0 spiro atoms. The molecule has 0 radical (unpaired) electrons. The molecule has 0 saturated heterocycles. The predicted octanol–water partition coefficient (Wildman–Crippen LogP) is 2.77. The van der Waals surface area contributed by atoms with Gasteiger partial charge in [0.15, 0.2) is 0 Å². The average molecular weight is 324 g/mol. The van der Waals surface area contributed by atoms with Crippen molar-refractivity contribution < 1.29 is 32.0 Å². The van der Waals surface area contributed by atoms with E-state index in [1.807, 2.05) is 0 Å². The first-order chi connectivity index (χ1) is 9.70. The summed E-state index contributed by atoms with van der Waals surface area (Å²) >= 11 is 0. The molecule has 1 unspecified atom stereocenters. The van der Waals surface area contributed by atoms with Crippen LogP contribution in [0.2, 0.25) is 0 Å². The highest BCUT2D eigenvalue weighted by Crippen LogP contribution is 2.16. The van der Waals surface area contributed by atoms with E-state index in [9.17, 15) is 22.2 Å². The van der Waals surface area contributed by atoms with Gasteiger partial charge < -0.3 is 9.84 Å². The topological polar surface area (TPSA) is 63.6 Å². The molecule has 0 aromatic heterocycles. The fourth-order valence-corrected chi connectivity index (χ4v) is 2.66. The molecule has 0 fully saturated rings. The van der Waals surface area contributed by atoms with Gasteiger partial charge in [-0.25, -0.2) is 4.79 Å². The van der Waals surface area contributed by atoms with Crippen molar-refractivity contribution in [3.63, 3.8) is 0 Å². The van der Waals surface area contributed by atoms with E-state index in [2.05, 4.69) is 4.74 Å². The molecule has 1 N–H and O–H groups in total. The molecule has 0 aliphatic heterocycles. The van der Waals surface area contributed by atoms with Crippen LogP contribution in [-0.2, 0) is 15.5 Å². The number of carboxylic acids is 1. The van der Waals surface area contributed by atoms with Crippen molar-refractivity contribution in [3.05, 3.63) is 29.3 Å². The van der Waals surface area contributed by atoms with Gasteiger partial charge >= 0.3 is 12.1 Å². The molecule has 0 amide bonds. The van der Waals surface area contributed by atoms with E-state index in [0.717, 1.165) is 0 Å². The number of hydrogen-bond acceptors (Lipinski definition) is 3. The molecule has 0 aliphatic rings. The number of aryl methyl sites for hydroxylation is 1. The van der Waals surface area contributed by atoms with Crippen LogP contribution >= 0.6 is 0 Å². The summed E-state index contributed by atoms with van der Waals surface area (Å²) in [4.78, 5) is 11.3. The number of halogens is 3. The normalized spacial score (nSPS) is 13.1. The lowest BCUT2D eigenvalue weighted by atomic mass is 10.1. The summed E-state index contributed by atoms with van der Waals surface area (Å²) in [7, 11) is -1.47. The van der Waals surface area contributed by atoms with Crippen LogP contribution in [0.15, 0.2) is 23.1 Å². The third kappa shape index (κ3) is 6.26. The SMILES string of the molecule is Cc1ccc(S(=O)CCCOCC(F)(F)F)cc1C(=O)O. The average Bonchev–Trinajstić information content (AvgIpc) is 2.36. The highest BCUT2D eigenvalue weighted by Gasteiger charge is 2.27. The maximum absolute atomic E-state index is 11.9. The Kier molecular flexibility index (Phi) is 6.35. The molecular formula is C13H15F3O4S. The largest absolute Gasteiger partial charge is 0.478 e. The van der Waals surface area contributed by atoms with E-state index in [4.69, 9.17) is 5.11 Å². The van der Waals surface area contributed by atoms with E-state index in [1.165, 1.54) is 6.07 Å². The smallest absolute Gasteiger partial charge is 0.411 e. The fraction of sp³-hybridized carbons (Fsp3) is 0.462. The van der Waals surface area contributed by atoms with Crippen molar-refractivity contribution in [1.29, 1.82) is 0 Å². The Hall–Kier alpha value is -1.41. The van der Waals surface area contributed by atoms with Crippen molar-refractivity contribution in [2.24, 2.45) is 0 Å². The first-order valence-electron chi connectivity index (χ1n) is 6.07. The van der Waals surface area contributed by atoms with Crippen molar-refractivity contribution in [2.75, 3.05) is 19.0 Å². The van der Waals surface area contributed by atoms with Gasteiger partial charge in [-0.05, 0) is 31.0 Å². The van der Waals surface area contributed by atoms with Crippen LogP contribution in [0, 0.1) is 6.92 Å². The Morgan fingerprint density at radius 3 is 2.62 bits per heavy atom. The van der Waals surface area contributed by atoms with Gasteiger partial charge in [-0.2, -0.15) is 13.2 Å². The van der Waals surface area contributed by atoms with Gasteiger partial charge in [-0.1, -0.05) is 6.07 Å². The number of carbonyl (C=O) groups is 1. The predicted molar refractivity (Wildman–Crippen MR) is 70.9 cm³/mol. The van der Waals surface area contributed by atoms with Crippen LogP contribution in [0.4, 0.5) is 13.2 Å². The van der Waals surface area contributed by atoms with Gasteiger partial charge in [0.05, 0.1) is 16.4 Å². The molecule has 1 aromatic carbocycles. The van der Waals surface area contributed by atoms with Gasteiger partial charge in [0.25, 0.3) is 0 Å². The Labute approximate surface area is 122 Å². The molecule has 0 bridgehead atoms. The summed E-state index contributed by atoms with van der Waals surface area (Å²) < 4.78 is 51.8. The summed E-state index contributed by atoms with van der Waals surface area (Å²) in [6.45, 7) is 0.150. The number of benzene rings is 1. The molecule has 118 valence electrons. The molecule has 21 heavy (non-hydrogen) atoms. The zero-order valence-corrected chi connectivity index (χ0v) is 12.1. The summed E-state index contributed by atoms with van der Waals surface area (Å²) in [6, 6.07) is 4.43. The fourth-order valence-electron chi connectivity index (χ4n) is 1.57. The highest BCUT2D eigenvalue weighted by molar-refractivity contribution is 7.85. The van der Waals surface area contributed by atoms with Crippen molar-refractivity contribution in [3.8, 4) is 0 Å². The van der Waals surface area contributed by atoms with Gasteiger partial charge in [-0.3, -0.25) is 4.21 Å². The standard InChI is InChI=1S/C13H15F3O4S/c1-9-3-4-10(7-11(9)12(17)18)21(19)6-2-5-20-8-13(14,15)16/h3-4,7H,2,5-6,8H2,1H3,(H,17,18). The molecule has 1 aromatic rings. The summed E-state index contributed by atoms with van der Waals surface area (Å²) in [5, 5.41) is 8.97. The summed E-state index contributed by atoms with van der Waals surface area (Å²) in [5.41, 5.74) is 0.617. The van der Waals surface area contributed by atoms with E-state index in [-0.39, 0.29) is 24.3 Å². The van der Waals surface area contributed by atoms with E-state index < -0.39 is 29.6 Å². The summed E-state index contributed by atoms with van der Waals surface area (Å²) in [6.07, 6.45) is -4.18. The van der Waals surface area contributed by atoms with Crippen LogP contribution in [0.5, 0.6) is 0 Å². The zero-order valence-electron chi connectivity index (χ0n) is 11.3. The molecule has 0 saturated carbocycles. The second kappa shape index (κ2) is 7.56. The third-order valence-corrected chi connectivity index (χ3v) is 4.03. The highest BCUT2D eigenvalue weighted by atomic mass is 32.2. The second-order valence-corrected chi connectivity index (χ2v) is 5.92. The van der Waals surface area contributed by atoms with Crippen LogP contribution in [0.1, 0.15) is 22.3 Å². The number of carboxylic acid groups (broad SMARTS) is 1. The Morgan fingerprint density at radius 2 is 2.05 bits per heavy atom. The monoisotopic (exact) mass is 324 g/mol. The molecule has 4 nitrogen and oxygen atoms in total. The van der Waals surface area contributed by atoms with Gasteiger partial charge in [-0.15, -0.1) is 0 Å². The van der Waals surface area contributed by atoms with Crippen LogP contribution < -0.4 is 0 Å². The van der Waals surface area contributed by atoms with Crippen molar-refractivity contribution in [2.45, 2.75) is 24.4 Å². The Balaban J connectivity index is 2.49. The molecule has 0 aliphatic carbocycles. The van der Waals surface area contributed by atoms with E-state index in [1.54, 1.807) is 19.1 Å². The minimum atomic E-state index is -4.37. The van der Waals surface area contributed by atoms with Crippen LogP contribution in [-0.4, -0.2) is 40.4 Å².